The number of benzene rings is 2. The van der Waals surface area contributed by atoms with Gasteiger partial charge in [-0.25, -0.2) is 0 Å². The first kappa shape index (κ1) is 13.6. The van der Waals surface area contributed by atoms with Gasteiger partial charge in [0.05, 0.1) is 6.04 Å². The highest BCUT2D eigenvalue weighted by atomic mass is 16.3. The lowest BCUT2D eigenvalue weighted by molar-refractivity contribution is 0.237. The minimum absolute atomic E-state index is 0.0152. The fourth-order valence-corrected chi connectivity index (χ4v) is 2.30. The van der Waals surface area contributed by atoms with E-state index in [9.17, 15) is 5.11 Å². The van der Waals surface area contributed by atoms with Gasteiger partial charge in [-0.05, 0) is 18.7 Å². The number of aromatic hydroxyl groups is 1. The summed E-state index contributed by atoms with van der Waals surface area (Å²) < 4.78 is 0. The molecule has 3 nitrogen and oxygen atoms in total. The smallest absolute Gasteiger partial charge is 0.120 e. The van der Waals surface area contributed by atoms with Crippen LogP contribution in [0.15, 0.2) is 54.6 Å². The molecule has 0 aromatic heterocycles. The van der Waals surface area contributed by atoms with E-state index in [1.165, 1.54) is 5.56 Å². The zero-order valence-corrected chi connectivity index (χ0v) is 11.2. The molecule has 0 saturated heterocycles. The van der Waals surface area contributed by atoms with Crippen molar-refractivity contribution >= 4 is 0 Å². The molecule has 0 spiro atoms. The SMILES string of the molecule is CN(Cc1ccccc1)C(CN)c1ccccc1O. The van der Waals surface area contributed by atoms with Crippen LogP contribution in [0.4, 0.5) is 0 Å². The van der Waals surface area contributed by atoms with Gasteiger partial charge in [-0.15, -0.1) is 0 Å². The van der Waals surface area contributed by atoms with Crippen molar-refractivity contribution in [2.75, 3.05) is 13.6 Å². The number of nitrogens with two attached hydrogens (primary N) is 1. The maximum absolute atomic E-state index is 9.94. The fraction of sp³-hybridized carbons (Fsp3) is 0.250. The van der Waals surface area contributed by atoms with Crippen molar-refractivity contribution in [1.29, 1.82) is 0 Å². The second-order valence-corrected chi connectivity index (χ2v) is 4.71. The molecule has 2 aromatic carbocycles. The number of hydrogen-bond acceptors (Lipinski definition) is 3. The molecule has 0 bridgehead atoms. The summed E-state index contributed by atoms with van der Waals surface area (Å²) in [7, 11) is 2.02. The van der Waals surface area contributed by atoms with Crippen molar-refractivity contribution in [3.8, 4) is 5.75 Å². The standard InChI is InChI=1S/C16H20N2O/c1-18(12-13-7-3-2-4-8-13)15(11-17)14-9-5-6-10-16(14)19/h2-10,15,19H,11-12,17H2,1H3. The second-order valence-electron chi connectivity index (χ2n) is 4.71. The Morgan fingerprint density at radius 1 is 1.05 bits per heavy atom. The third-order valence-electron chi connectivity index (χ3n) is 3.33. The van der Waals surface area contributed by atoms with Crippen LogP contribution in [0.25, 0.3) is 0 Å². The largest absolute Gasteiger partial charge is 0.508 e. The van der Waals surface area contributed by atoms with Crippen LogP contribution in [0.1, 0.15) is 17.2 Å². The van der Waals surface area contributed by atoms with Crippen LogP contribution in [-0.2, 0) is 6.54 Å². The molecule has 1 atom stereocenters. The van der Waals surface area contributed by atoms with Crippen LogP contribution in [0.5, 0.6) is 5.75 Å². The van der Waals surface area contributed by atoms with Gasteiger partial charge in [-0.3, -0.25) is 4.90 Å². The summed E-state index contributed by atoms with van der Waals surface area (Å²) in [6, 6.07) is 17.6. The monoisotopic (exact) mass is 256 g/mol. The van der Waals surface area contributed by atoms with E-state index in [-0.39, 0.29) is 6.04 Å². The van der Waals surface area contributed by atoms with Crippen molar-refractivity contribution in [2.45, 2.75) is 12.6 Å². The summed E-state index contributed by atoms with van der Waals surface area (Å²) in [5.74, 6) is 0.304. The molecule has 0 aliphatic heterocycles. The first-order chi connectivity index (χ1) is 9.22. The zero-order valence-electron chi connectivity index (χ0n) is 11.2. The minimum atomic E-state index is 0.0152. The first-order valence-electron chi connectivity index (χ1n) is 6.44. The maximum atomic E-state index is 9.94. The van der Waals surface area contributed by atoms with E-state index in [2.05, 4.69) is 17.0 Å². The van der Waals surface area contributed by atoms with E-state index in [4.69, 9.17) is 5.73 Å². The molecule has 0 fully saturated rings. The number of para-hydroxylation sites is 1. The summed E-state index contributed by atoms with van der Waals surface area (Å²) in [6.07, 6.45) is 0. The quantitative estimate of drug-likeness (QED) is 0.864. The lowest BCUT2D eigenvalue weighted by atomic mass is 10.0. The molecule has 0 aliphatic rings. The molecule has 2 aromatic rings. The van der Waals surface area contributed by atoms with Gasteiger partial charge in [-0.1, -0.05) is 48.5 Å². The normalized spacial score (nSPS) is 12.6. The average molecular weight is 256 g/mol. The molecule has 2 rings (SSSR count). The van der Waals surface area contributed by atoms with Gasteiger partial charge in [0, 0.05) is 18.7 Å². The molecule has 100 valence electrons. The maximum Gasteiger partial charge on any atom is 0.120 e. The lowest BCUT2D eigenvalue weighted by Crippen LogP contribution is -2.30. The van der Waals surface area contributed by atoms with E-state index < -0.39 is 0 Å². The minimum Gasteiger partial charge on any atom is -0.508 e. The van der Waals surface area contributed by atoms with Gasteiger partial charge < -0.3 is 10.8 Å². The van der Waals surface area contributed by atoms with Crippen LogP contribution in [0.3, 0.4) is 0 Å². The highest BCUT2D eigenvalue weighted by Gasteiger charge is 2.18. The fourth-order valence-electron chi connectivity index (χ4n) is 2.30. The molecule has 0 amide bonds. The molecule has 3 heteroatoms. The third-order valence-corrected chi connectivity index (χ3v) is 3.33. The van der Waals surface area contributed by atoms with Crippen LogP contribution in [0, 0.1) is 0 Å². The molecule has 0 heterocycles. The summed E-state index contributed by atoms with van der Waals surface area (Å²) >= 11 is 0. The molecule has 0 saturated carbocycles. The van der Waals surface area contributed by atoms with Gasteiger partial charge in [0.2, 0.25) is 0 Å². The van der Waals surface area contributed by atoms with Crippen molar-refractivity contribution < 1.29 is 5.11 Å². The number of phenols is 1. The lowest BCUT2D eigenvalue weighted by Gasteiger charge is -2.28. The Kier molecular flexibility index (Phi) is 4.55. The Morgan fingerprint density at radius 2 is 1.68 bits per heavy atom. The molecular formula is C16H20N2O. The van der Waals surface area contributed by atoms with Gasteiger partial charge in [0.25, 0.3) is 0 Å². The predicted molar refractivity (Wildman–Crippen MR) is 77.8 cm³/mol. The average Bonchev–Trinajstić information content (AvgIpc) is 2.43. The summed E-state index contributed by atoms with van der Waals surface area (Å²) in [5.41, 5.74) is 7.99. The Hall–Kier alpha value is -1.84. The van der Waals surface area contributed by atoms with E-state index >= 15 is 0 Å². The first-order valence-corrected chi connectivity index (χ1v) is 6.44. The number of hydrogen-bond donors (Lipinski definition) is 2. The summed E-state index contributed by atoms with van der Waals surface area (Å²) in [4.78, 5) is 2.16. The third kappa shape index (κ3) is 3.34. The number of phenolic OH excluding ortho intramolecular Hbond substituents is 1. The predicted octanol–water partition coefficient (Wildman–Crippen LogP) is 2.52. The number of likely N-dealkylation sites (N-methyl/N-ethyl adjacent to an activating group) is 1. The Bertz CT molecular complexity index is 513. The summed E-state index contributed by atoms with van der Waals surface area (Å²) in [6.45, 7) is 1.28. The molecule has 1 unspecified atom stereocenters. The van der Waals surface area contributed by atoms with Crippen LogP contribution >= 0.6 is 0 Å². The molecule has 3 N–H and O–H groups in total. The van der Waals surface area contributed by atoms with Crippen LogP contribution in [0.2, 0.25) is 0 Å². The van der Waals surface area contributed by atoms with E-state index in [0.717, 1.165) is 12.1 Å². The van der Waals surface area contributed by atoms with E-state index in [0.29, 0.717) is 12.3 Å². The van der Waals surface area contributed by atoms with Gasteiger partial charge >= 0.3 is 0 Å². The number of rotatable bonds is 5. The van der Waals surface area contributed by atoms with Crippen molar-refractivity contribution in [2.24, 2.45) is 5.73 Å². The highest BCUT2D eigenvalue weighted by Crippen LogP contribution is 2.27. The van der Waals surface area contributed by atoms with Crippen LogP contribution < -0.4 is 5.73 Å². The highest BCUT2D eigenvalue weighted by molar-refractivity contribution is 5.35. The number of nitrogens with zero attached hydrogens (tertiary/aromatic N) is 1. The van der Waals surface area contributed by atoms with E-state index in [1.807, 2.05) is 43.4 Å². The zero-order chi connectivity index (χ0) is 13.7. The second kappa shape index (κ2) is 6.36. The Morgan fingerprint density at radius 3 is 2.32 bits per heavy atom. The van der Waals surface area contributed by atoms with Gasteiger partial charge in [0.1, 0.15) is 5.75 Å². The van der Waals surface area contributed by atoms with E-state index in [1.54, 1.807) is 6.07 Å². The Balaban J connectivity index is 2.16. The van der Waals surface area contributed by atoms with Gasteiger partial charge in [0.15, 0.2) is 0 Å². The molecule has 0 aliphatic carbocycles. The molecule has 19 heavy (non-hydrogen) atoms. The molecule has 0 radical (unpaired) electrons. The van der Waals surface area contributed by atoms with Crippen molar-refractivity contribution in [1.82, 2.24) is 4.90 Å². The summed E-state index contributed by atoms with van der Waals surface area (Å²) in [5, 5.41) is 9.94. The molecular weight excluding hydrogens is 236 g/mol. The van der Waals surface area contributed by atoms with Crippen molar-refractivity contribution in [3.63, 3.8) is 0 Å². The van der Waals surface area contributed by atoms with Crippen LogP contribution in [-0.4, -0.2) is 23.6 Å². The van der Waals surface area contributed by atoms with Crippen molar-refractivity contribution in [3.05, 3.63) is 65.7 Å². The topological polar surface area (TPSA) is 49.5 Å². The Labute approximate surface area is 114 Å². The van der Waals surface area contributed by atoms with Gasteiger partial charge in [-0.2, -0.15) is 0 Å².